The van der Waals surface area contributed by atoms with Crippen LogP contribution in [0.1, 0.15) is 23.3 Å². The Morgan fingerprint density at radius 3 is 1.97 bits per heavy atom. The predicted octanol–water partition coefficient (Wildman–Crippen LogP) is 6.74. The number of anilines is 2. The SMILES string of the molecule is CCOc1ccc(NC(=O)C(Sc2ccc(NC(=O)Cc3ccccc3)cc2)c2ccccc2)cc1. The van der Waals surface area contributed by atoms with E-state index in [1.54, 1.807) is 0 Å². The van der Waals surface area contributed by atoms with Crippen molar-refractivity contribution in [3.63, 3.8) is 0 Å². The largest absolute Gasteiger partial charge is 0.494 e. The van der Waals surface area contributed by atoms with E-state index < -0.39 is 5.25 Å². The number of nitrogens with one attached hydrogen (secondary N) is 2. The summed E-state index contributed by atoms with van der Waals surface area (Å²) in [5.74, 6) is 0.578. The van der Waals surface area contributed by atoms with Gasteiger partial charge in [0.2, 0.25) is 11.8 Å². The van der Waals surface area contributed by atoms with E-state index in [0.29, 0.717) is 18.7 Å². The summed E-state index contributed by atoms with van der Waals surface area (Å²) in [6, 6.07) is 34.2. The van der Waals surface area contributed by atoms with Crippen LogP contribution in [0.25, 0.3) is 0 Å². The number of rotatable bonds is 10. The zero-order valence-corrected chi connectivity index (χ0v) is 20.8. The van der Waals surface area contributed by atoms with Crippen LogP contribution < -0.4 is 15.4 Å². The van der Waals surface area contributed by atoms with Gasteiger partial charge in [0.1, 0.15) is 11.0 Å². The zero-order valence-electron chi connectivity index (χ0n) is 20.0. The van der Waals surface area contributed by atoms with Gasteiger partial charge in [-0.2, -0.15) is 0 Å². The van der Waals surface area contributed by atoms with Gasteiger partial charge in [-0.15, -0.1) is 11.8 Å². The third-order valence-electron chi connectivity index (χ3n) is 5.37. The molecular formula is C30H28N2O3S. The molecule has 2 amide bonds. The Bertz CT molecular complexity index is 1260. The molecule has 4 rings (SSSR count). The summed E-state index contributed by atoms with van der Waals surface area (Å²) in [7, 11) is 0. The van der Waals surface area contributed by atoms with Gasteiger partial charge in [-0.1, -0.05) is 60.7 Å². The lowest BCUT2D eigenvalue weighted by Crippen LogP contribution is -2.19. The number of ether oxygens (including phenoxy) is 1. The smallest absolute Gasteiger partial charge is 0.242 e. The fourth-order valence-corrected chi connectivity index (χ4v) is 4.67. The van der Waals surface area contributed by atoms with Gasteiger partial charge in [0.05, 0.1) is 13.0 Å². The van der Waals surface area contributed by atoms with Crippen molar-refractivity contribution in [3.8, 4) is 5.75 Å². The molecule has 4 aromatic rings. The van der Waals surface area contributed by atoms with Gasteiger partial charge in [-0.05, 0) is 66.6 Å². The van der Waals surface area contributed by atoms with E-state index in [1.807, 2.05) is 116 Å². The molecule has 1 atom stereocenters. The molecule has 0 spiro atoms. The quantitative estimate of drug-likeness (QED) is 0.239. The Kier molecular flexibility index (Phi) is 8.78. The molecule has 0 bridgehead atoms. The maximum absolute atomic E-state index is 13.3. The van der Waals surface area contributed by atoms with Crippen molar-refractivity contribution in [1.82, 2.24) is 0 Å². The lowest BCUT2D eigenvalue weighted by Gasteiger charge is -2.17. The summed E-state index contributed by atoms with van der Waals surface area (Å²) in [5, 5.41) is 5.50. The molecule has 6 heteroatoms. The normalized spacial score (nSPS) is 11.4. The van der Waals surface area contributed by atoms with Gasteiger partial charge in [-0.25, -0.2) is 0 Å². The number of benzene rings is 4. The Hall–Kier alpha value is -4.03. The predicted molar refractivity (Wildman–Crippen MR) is 146 cm³/mol. The molecule has 0 saturated carbocycles. The number of carbonyl (C=O) groups is 2. The van der Waals surface area contributed by atoms with E-state index in [0.717, 1.165) is 27.5 Å². The van der Waals surface area contributed by atoms with Crippen LogP contribution in [0.3, 0.4) is 0 Å². The van der Waals surface area contributed by atoms with Crippen LogP contribution in [-0.2, 0) is 16.0 Å². The first-order chi connectivity index (χ1) is 17.6. The van der Waals surface area contributed by atoms with Crippen LogP contribution in [0.5, 0.6) is 5.75 Å². The molecule has 182 valence electrons. The van der Waals surface area contributed by atoms with Crippen LogP contribution in [0.2, 0.25) is 0 Å². The first kappa shape index (κ1) is 25.1. The van der Waals surface area contributed by atoms with E-state index >= 15 is 0 Å². The molecular weight excluding hydrogens is 468 g/mol. The van der Waals surface area contributed by atoms with Crippen LogP contribution in [0.4, 0.5) is 11.4 Å². The Labute approximate surface area is 215 Å². The van der Waals surface area contributed by atoms with Crippen LogP contribution in [0.15, 0.2) is 114 Å². The Morgan fingerprint density at radius 2 is 1.33 bits per heavy atom. The average Bonchev–Trinajstić information content (AvgIpc) is 2.90. The molecule has 0 aliphatic rings. The standard InChI is InChI=1S/C30H28N2O3S/c1-2-35-26-17-13-25(14-18-26)32-30(34)29(23-11-7-4-8-12-23)36-27-19-15-24(16-20-27)31-28(33)21-22-9-5-3-6-10-22/h3-20,29H,2,21H2,1H3,(H,31,33)(H,32,34). The monoisotopic (exact) mass is 496 g/mol. The zero-order chi connectivity index (χ0) is 25.2. The molecule has 1 unspecified atom stereocenters. The first-order valence-electron chi connectivity index (χ1n) is 11.8. The number of thioether (sulfide) groups is 1. The average molecular weight is 497 g/mol. The van der Waals surface area contributed by atoms with Crippen molar-refractivity contribution >= 4 is 35.0 Å². The lowest BCUT2D eigenvalue weighted by molar-refractivity contribution is -0.116. The minimum atomic E-state index is -0.448. The second-order valence-electron chi connectivity index (χ2n) is 8.09. The van der Waals surface area contributed by atoms with Crippen molar-refractivity contribution < 1.29 is 14.3 Å². The minimum absolute atomic E-state index is 0.0708. The number of amides is 2. The third kappa shape index (κ3) is 7.23. The molecule has 0 saturated heterocycles. The van der Waals surface area contributed by atoms with Gasteiger partial charge >= 0.3 is 0 Å². The molecule has 0 fully saturated rings. The Balaban J connectivity index is 1.43. The maximum Gasteiger partial charge on any atom is 0.242 e. The number of hydrogen-bond donors (Lipinski definition) is 2. The van der Waals surface area contributed by atoms with Crippen molar-refractivity contribution in [2.45, 2.75) is 23.5 Å². The highest BCUT2D eigenvalue weighted by atomic mass is 32.2. The first-order valence-corrected chi connectivity index (χ1v) is 12.7. The van der Waals surface area contributed by atoms with Crippen molar-refractivity contribution in [1.29, 1.82) is 0 Å². The van der Waals surface area contributed by atoms with Crippen molar-refractivity contribution in [3.05, 3.63) is 120 Å². The Morgan fingerprint density at radius 1 is 0.750 bits per heavy atom. The fraction of sp³-hybridized carbons (Fsp3) is 0.133. The summed E-state index contributed by atoms with van der Waals surface area (Å²) >= 11 is 1.46. The van der Waals surface area contributed by atoms with Crippen LogP contribution in [0, 0.1) is 0 Å². The summed E-state index contributed by atoms with van der Waals surface area (Å²) in [5.41, 5.74) is 3.30. The highest BCUT2D eigenvalue weighted by molar-refractivity contribution is 8.00. The second kappa shape index (κ2) is 12.6. The maximum atomic E-state index is 13.3. The summed E-state index contributed by atoms with van der Waals surface area (Å²) in [6.07, 6.45) is 0.319. The van der Waals surface area contributed by atoms with E-state index in [-0.39, 0.29) is 11.8 Å². The molecule has 0 radical (unpaired) electrons. The lowest BCUT2D eigenvalue weighted by atomic mass is 10.1. The molecule has 4 aromatic carbocycles. The summed E-state index contributed by atoms with van der Waals surface area (Å²) in [6.45, 7) is 2.52. The van der Waals surface area contributed by atoms with Gasteiger partial charge in [0.15, 0.2) is 0 Å². The van der Waals surface area contributed by atoms with E-state index in [1.165, 1.54) is 11.8 Å². The van der Waals surface area contributed by atoms with Crippen LogP contribution >= 0.6 is 11.8 Å². The fourth-order valence-electron chi connectivity index (χ4n) is 3.65. The van der Waals surface area contributed by atoms with Gasteiger partial charge in [-0.3, -0.25) is 9.59 Å². The molecule has 0 aromatic heterocycles. The topological polar surface area (TPSA) is 67.4 Å². The molecule has 2 N–H and O–H groups in total. The molecule has 0 heterocycles. The van der Waals surface area contributed by atoms with E-state index in [2.05, 4.69) is 10.6 Å². The molecule has 0 aliphatic heterocycles. The van der Waals surface area contributed by atoms with Gasteiger partial charge in [0.25, 0.3) is 0 Å². The third-order valence-corrected chi connectivity index (χ3v) is 6.64. The number of hydrogen-bond acceptors (Lipinski definition) is 4. The van der Waals surface area contributed by atoms with Crippen molar-refractivity contribution in [2.75, 3.05) is 17.2 Å². The van der Waals surface area contributed by atoms with E-state index in [9.17, 15) is 9.59 Å². The van der Waals surface area contributed by atoms with Crippen molar-refractivity contribution in [2.24, 2.45) is 0 Å². The molecule has 0 aliphatic carbocycles. The van der Waals surface area contributed by atoms with Gasteiger partial charge < -0.3 is 15.4 Å². The van der Waals surface area contributed by atoms with Crippen LogP contribution in [-0.4, -0.2) is 18.4 Å². The minimum Gasteiger partial charge on any atom is -0.494 e. The van der Waals surface area contributed by atoms with Gasteiger partial charge in [0, 0.05) is 16.3 Å². The number of carbonyl (C=O) groups excluding carboxylic acids is 2. The molecule has 5 nitrogen and oxygen atoms in total. The highest BCUT2D eigenvalue weighted by Crippen LogP contribution is 2.36. The van der Waals surface area contributed by atoms with E-state index in [4.69, 9.17) is 4.74 Å². The molecule has 36 heavy (non-hydrogen) atoms. The summed E-state index contributed by atoms with van der Waals surface area (Å²) < 4.78 is 5.48. The summed E-state index contributed by atoms with van der Waals surface area (Å²) in [4.78, 5) is 26.6. The highest BCUT2D eigenvalue weighted by Gasteiger charge is 2.22. The second-order valence-corrected chi connectivity index (χ2v) is 9.27.